The van der Waals surface area contributed by atoms with Crippen molar-refractivity contribution in [3.63, 3.8) is 0 Å². The Labute approximate surface area is 186 Å². The molecule has 2 atom stereocenters. The summed E-state index contributed by atoms with van der Waals surface area (Å²) in [6.45, 7) is 2.64. The number of H-pyrrole nitrogens is 1. The zero-order chi connectivity index (χ0) is 22.7. The number of aliphatic carboxylic acids is 1. The molecule has 1 saturated heterocycles. The third kappa shape index (κ3) is 4.37. The Morgan fingerprint density at radius 1 is 1.03 bits per heavy atom. The molecule has 1 fully saturated rings. The summed E-state index contributed by atoms with van der Waals surface area (Å²) >= 11 is 0. The van der Waals surface area contributed by atoms with Crippen molar-refractivity contribution >= 4 is 28.7 Å². The Balaban J connectivity index is 1.40. The number of aromatic amines is 1. The number of likely N-dealkylation sites (tertiary alicyclic amines) is 1. The van der Waals surface area contributed by atoms with Crippen LogP contribution in [0.4, 0.5) is 4.79 Å². The number of amides is 2. The Kier molecular flexibility index (Phi) is 6.25. The van der Waals surface area contributed by atoms with Crippen molar-refractivity contribution in [3.8, 4) is 0 Å². The number of para-hydroxylation sites is 1. The first kappa shape index (κ1) is 21.6. The molecule has 32 heavy (non-hydrogen) atoms. The maximum atomic E-state index is 12.9. The standard InChI is InChI=1S/C25H27N3O4/c1-16(20-15-26-21-10-6-5-9-19(20)21)22(24(30)31)27-25(32)28-13-11-18(12-14-28)23(29)17-7-3-2-4-8-17/h2-10,15-16,18,22,26H,11-14H2,1H3,(H,27,32)(H,30,31). The van der Waals surface area contributed by atoms with E-state index < -0.39 is 24.0 Å². The molecule has 0 radical (unpaired) electrons. The molecule has 1 aliphatic rings. The number of nitrogens with zero attached hydrogens (tertiary/aromatic N) is 1. The van der Waals surface area contributed by atoms with E-state index >= 15 is 0 Å². The molecule has 2 unspecified atom stereocenters. The molecule has 1 aromatic heterocycles. The van der Waals surface area contributed by atoms with Gasteiger partial charge < -0.3 is 20.3 Å². The van der Waals surface area contributed by atoms with Gasteiger partial charge in [0.05, 0.1) is 0 Å². The fourth-order valence-corrected chi connectivity index (χ4v) is 4.46. The number of rotatable bonds is 6. The summed E-state index contributed by atoms with van der Waals surface area (Å²) in [5.74, 6) is -1.53. The van der Waals surface area contributed by atoms with Crippen molar-refractivity contribution in [2.45, 2.75) is 31.7 Å². The van der Waals surface area contributed by atoms with Crippen LogP contribution in [0.1, 0.15) is 41.6 Å². The zero-order valence-corrected chi connectivity index (χ0v) is 18.0. The minimum absolute atomic E-state index is 0.0991. The first-order chi connectivity index (χ1) is 15.5. The van der Waals surface area contributed by atoms with Gasteiger partial charge in [0.25, 0.3) is 0 Å². The quantitative estimate of drug-likeness (QED) is 0.511. The number of carboxylic acids is 1. The van der Waals surface area contributed by atoms with Crippen LogP contribution in [0.15, 0.2) is 60.8 Å². The van der Waals surface area contributed by atoms with E-state index in [1.165, 1.54) is 0 Å². The lowest BCUT2D eigenvalue weighted by molar-refractivity contribution is -0.139. The molecule has 0 aliphatic carbocycles. The van der Waals surface area contributed by atoms with Gasteiger partial charge in [-0.3, -0.25) is 4.79 Å². The van der Waals surface area contributed by atoms with Gasteiger partial charge in [-0.15, -0.1) is 0 Å². The fraction of sp³-hybridized carbons (Fsp3) is 0.320. The number of fused-ring (bicyclic) bond motifs is 1. The van der Waals surface area contributed by atoms with Gasteiger partial charge >= 0.3 is 12.0 Å². The number of hydrogen-bond donors (Lipinski definition) is 3. The predicted molar refractivity (Wildman–Crippen MR) is 122 cm³/mol. The maximum Gasteiger partial charge on any atom is 0.326 e. The second-order valence-electron chi connectivity index (χ2n) is 8.34. The molecule has 3 N–H and O–H groups in total. The molecule has 0 saturated carbocycles. The summed E-state index contributed by atoms with van der Waals surface area (Å²) in [6.07, 6.45) is 2.94. The summed E-state index contributed by atoms with van der Waals surface area (Å²) in [5, 5.41) is 13.5. The van der Waals surface area contributed by atoms with Crippen LogP contribution in [0.5, 0.6) is 0 Å². The van der Waals surface area contributed by atoms with E-state index in [-0.39, 0.29) is 11.7 Å². The van der Waals surface area contributed by atoms with Gasteiger partial charge in [0.2, 0.25) is 0 Å². The molecule has 0 spiro atoms. The largest absolute Gasteiger partial charge is 0.480 e. The smallest absolute Gasteiger partial charge is 0.326 e. The lowest BCUT2D eigenvalue weighted by Gasteiger charge is -2.33. The van der Waals surface area contributed by atoms with Crippen LogP contribution in [0, 0.1) is 5.92 Å². The highest BCUT2D eigenvalue weighted by molar-refractivity contribution is 5.98. The molecule has 2 aromatic carbocycles. The van der Waals surface area contributed by atoms with E-state index in [0.717, 1.165) is 16.5 Å². The number of nitrogens with one attached hydrogen (secondary N) is 2. The monoisotopic (exact) mass is 433 g/mol. The molecule has 1 aliphatic heterocycles. The normalized spacial score (nSPS) is 16.5. The molecular weight excluding hydrogens is 406 g/mol. The van der Waals surface area contributed by atoms with Crippen molar-refractivity contribution < 1.29 is 19.5 Å². The first-order valence-corrected chi connectivity index (χ1v) is 10.9. The van der Waals surface area contributed by atoms with Crippen molar-refractivity contribution in [3.05, 3.63) is 71.9 Å². The molecule has 7 nitrogen and oxygen atoms in total. The summed E-state index contributed by atoms with van der Waals surface area (Å²) in [5.41, 5.74) is 2.46. The number of Topliss-reactive ketones (excluding diaryl/α,β-unsaturated/α-hetero) is 1. The lowest BCUT2D eigenvalue weighted by Crippen LogP contribution is -2.52. The lowest BCUT2D eigenvalue weighted by atomic mass is 9.89. The average molecular weight is 434 g/mol. The van der Waals surface area contributed by atoms with Crippen LogP contribution in [-0.2, 0) is 4.79 Å². The highest BCUT2D eigenvalue weighted by Crippen LogP contribution is 2.28. The predicted octanol–water partition coefficient (Wildman–Crippen LogP) is 4.03. The number of urea groups is 1. The number of carbonyl (C=O) groups is 3. The van der Waals surface area contributed by atoms with Crippen LogP contribution in [-0.4, -0.2) is 51.9 Å². The Bertz CT molecular complexity index is 1120. The maximum absolute atomic E-state index is 12.9. The van der Waals surface area contributed by atoms with Crippen molar-refractivity contribution in [2.75, 3.05) is 13.1 Å². The van der Waals surface area contributed by atoms with E-state index in [0.29, 0.717) is 31.5 Å². The third-order valence-corrected chi connectivity index (χ3v) is 6.37. The van der Waals surface area contributed by atoms with E-state index in [1.807, 2.05) is 54.6 Å². The summed E-state index contributed by atoms with van der Waals surface area (Å²) < 4.78 is 0. The van der Waals surface area contributed by atoms with Gasteiger partial charge in [0.1, 0.15) is 6.04 Å². The Morgan fingerprint density at radius 3 is 2.38 bits per heavy atom. The van der Waals surface area contributed by atoms with Gasteiger partial charge in [-0.05, 0) is 24.5 Å². The van der Waals surface area contributed by atoms with Crippen molar-refractivity contribution in [1.29, 1.82) is 0 Å². The SMILES string of the molecule is CC(c1c[nH]c2ccccc12)C(NC(=O)N1CCC(C(=O)c2ccccc2)CC1)C(=O)O. The van der Waals surface area contributed by atoms with Gasteiger partial charge in [0.15, 0.2) is 5.78 Å². The van der Waals surface area contributed by atoms with Gasteiger partial charge in [-0.25, -0.2) is 9.59 Å². The van der Waals surface area contributed by atoms with E-state index in [1.54, 1.807) is 18.0 Å². The topological polar surface area (TPSA) is 103 Å². The van der Waals surface area contributed by atoms with Crippen LogP contribution in [0.2, 0.25) is 0 Å². The summed E-state index contributed by atoms with van der Waals surface area (Å²) in [4.78, 5) is 42.3. The van der Waals surface area contributed by atoms with E-state index in [9.17, 15) is 19.5 Å². The van der Waals surface area contributed by atoms with Crippen molar-refractivity contribution in [2.24, 2.45) is 5.92 Å². The molecule has 7 heteroatoms. The molecular formula is C25H27N3O4. The highest BCUT2D eigenvalue weighted by Gasteiger charge is 2.33. The number of hydrogen-bond acceptors (Lipinski definition) is 3. The molecule has 166 valence electrons. The number of carbonyl (C=O) groups excluding carboxylic acids is 2. The molecule has 4 rings (SSSR count). The summed E-state index contributed by atoms with van der Waals surface area (Å²) in [6, 6.07) is 15.4. The van der Waals surface area contributed by atoms with Crippen molar-refractivity contribution in [1.82, 2.24) is 15.2 Å². The Hall–Kier alpha value is -3.61. The number of ketones is 1. The van der Waals surface area contributed by atoms with Crippen LogP contribution in [0.25, 0.3) is 10.9 Å². The van der Waals surface area contributed by atoms with Gasteiger partial charge in [-0.1, -0.05) is 55.5 Å². The molecule has 2 amide bonds. The fourth-order valence-electron chi connectivity index (χ4n) is 4.46. The van der Waals surface area contributed by atoms with E-state index in [2.05, 4.69) is 10.3 Å². The Morgan fingerprint density at radius 2 is 1.69 bits per heavy atom. The van der Waals surface area contributed by atoms with Gasteiger partial charge in [0, 0.05) is 47.6 Å². The molecule has 0 bridgehead atoms. The third-order valence-electron chi connectivity index (χ3n) is 6.37. The second kappa shape index (κ2) is 9.26. The molecule has 2 heterocycles. The highest BCUT2D eigenvalue weighted by atomic mass is 16.4. The minimum atomic E-state index is -1.08. The molecule has 3 aromatic rings. The summed E-state index contributed by atoms with van der Waals surface area (Å²) in [7, 11) is 0. The zero-order valence-electron chi connectivity index (χ0n) is 18.0. The minimum Gasteiger partial charge on any atom is -0.480 e. The number of aromatic nitrogens is 1. The van der Waals surface area contributed by atoms with E-state index in [4.69, 9.17) is 0 Å². The van der Waals surface area contributed by atoms with Crippen LogP contribution in [0.3, 0.4) is 0 Å². The average Bonchev–Trinajstić information content (AvgIpc) is 3.26. The number of piperidine rings is 1. The van der Waals surface area contributed by atoms with Crippen LogP contribution >= 0.6 is 0 Å². The van der Waals surface area contributed by atoms with Crippen LogP contribution < -0.4 is 5.32 Å². The second-order valence-corrected chi connectivity index (χ2v) is 8.34. The number of benzene rings is 2. The first-order valence-electron chi connectivity index (χ1n) is 10.9. The van der Waals surface area contributed by atoms with Gasteiger partial charge in [-0.2, -0.15) is 0 Å². The number of carboxylic acid groups (broad SMARTS) is 1.